The zero-order valence-electron chi connectivity index (χ0n) is 12.6. The number of hydrogen-bond acceptors (Lipinski definition) is 3. The Morgan fingerprint density at radius 2 is 2.05 bits per heavy atom. The van der Waals surface area contributed by atoms with E-state index in [2.05, 4.69) is 29.1 Å². The van der Waals surface area contributed by atoms with E-state index in [1.807, 2.05) is 6.07 Å². The molecule has 0 spiro atoms. The lowest BCUT2D eigenvalue weighted by molar-refractivity contribution is 0.386. The minimum atomic E-state index is -0.292. The molecule has 114 valence electrons. The maximum absolute atomic E-state index is 13.8. The van der Waals surface area contributed by atoms with E-state index in [9.17, 15) is 4.39 Å². The fourth-order valence-electron chi connectivity index (χ4n) is 2.38. The van der Waals surface area contributed by atoms with Crippen LogP contribution in [0.15, 0.2) is 35.0 Å². The summed E-state index contributed by atoms with van der Waals surface area (Å²) in [5, 5.41) is 7.83. The second-order valence-electron chi connectivity index (χ2n) is 5.16. The van der Waals surface area contributed by atoms with Gasteiger partial charge in [0.2, 0.25) is 0 Å². The maximum Gasteiger partial charge on any atom is 0.165 e. The van der Waals surface area contributed by atoms with Gasteiger partial charge in [0, 0.05) is 6.04 Å². The van der Waals surface area contributed by atoms with Crippen LogP contribution < -0.4 is 10.1 Å². The van der Waals surface area contributed by atoms with Gasteiger partial charge in [0.15, 0.2) is 11.6 Å². The Balaban J connectivity index is 2.04. The molecule has 1 heterocycles. The highest BCUT2D eigenvalue weighted by molar-refractivity contribution is 7.07. The zero-order chi connectivity index (χ0) is 15.1. The van der Waals surface area contributed by atoms with E-state index in [1.54, 1.807) is 23.5 Å². The van der Waals surface area contributed by atoms with Gasteiger partial charge in [0.25, 0.3) is 0 Å². The summed E-state index contributed by atoms with van der Waals surface area (Å²) in [5.41, 5.74) is 2.33. The van der Waals surface area contributed by atoms with E-state index in [0.717, 1.165) is 31.4 Å². The van der Waals surface area contributed by atoms with Gasteiger partial charge in [-0.25, -0.2) is 4.39 Å². The van der Waals surface area contributed by atoms with Gasteiger partial charge in [-0.3, -0.25) is 0 Å². The first kappa shape index (κ1) is 16.0. The van der Waals surface area contributed by atoms with Gasteiger partial charge in [-0.2, -0.15) is 11.3 Å². The summed E-state index contributed by atoms with van der Waals surface area (Å²) in [6.45, 7) is 3.13. The van der Waals surface area contributed by atoms with Crippen molar-refractivity contribution in [2.24, 2.45) is 0 Å². The molecular formula is C17H22FNOS. The largest absolute Gasteiger partial charge is 0.494 e. The predicted octanol–water partition coefficient (Wildman–Crippen LogP) is 4.05. The fourth-order valence-corrected chi connectivity index (χ4v) is 3.06. The lowest BCUT2D eigenvalue weighted by Gasteiger charge is -2.18. The van der Waals surface area contributed by atoms with Crippen LogP contribution in [-0.4, -0.2) is 19.7 Å². The number of halogens is 1. The Morgan fingerprint density at radius 1 is 1.24 bits per heavy atom. The Hall–Kier alpha value is -1.39. The Kier molecular flexibility index (Phi) is 6.21. The maximum atomic E-state index is 13.8. The third-order valence-electron chi connectivity index (χ3n) is 3.44. The normalized spacial score (nSPS) is 12.3. The second-order valence-corrected chi connectivity index (χ2v) is 5.94. The number of ether oxygens (including phenoxy) is 1. The van der Waals surface area contributed by atoms with Gasteiger partial charge in [-0.15, -0.1) is 0 Å². The molecule has 1 unspecified atom stereocenters. The Bertz CT molecular complexity index is 542. The first-order valence-electron chi connectivity index (χ1n) is 7.29. The zero-order valence-corrected chi connectivity index (χ0v) is 13.4. The third kappa shape index (κ3) is 4.83. The summed E-state index contributed by atoms with van der Waals surface area (Å²) in [7, 11) is 1.49. The standard InChI is InChI=1S/C17H22FNOS/c1-3-7-19-15(10-14-6-8-21-12-14)9-13-4-5-17(20-2)16(18)11-13/h4-6,8,11-12,15,19H,3,7,9-10H2,1-2H3. The molecule has 2 rings (SSSR count). The van der Waals surface area contributed by atoms with Gasteiger partial charge in [0.1, 0.15) is 0 Å². The van der Waals surface area contributed by atoms with Gasteiger partial charge < -0.3 is 10.1 Å². The van der Waals surface area contributed by atoms with Crippen LogP contribution in [0, 0.1) is 5.82 Å². The molecule has 2 nitrogen and oxygen atoms in total. The Labute approximate surface area is 130 Å². The molecule has 0 saturated heterocycles. The molecule has 1 aromatic heterocycles. The molecule has 0 bridgehead atoms. The van der Waals surface area contributed by atoms with Crippen molar-refractivity contribution in [3.05, 3.63) is 52.0 Å². The van der Waals surface area contributed by atoms with E-state index in [0.29, 0.717) is 11.8 Å². The van der Waals surface area contributed by atoms with Gasteiger partial charge in [0.05, 0.1) is 7.11 Å². The predicted molar refractivity (Wildman–Crippen MR) is 86.8 cm³/mol. The summed E-state index contributed by atoms with van der Waals surface area (Å²) in [4.78, 5) is 0. The summed E-state index contributed by atoms with van der Waals surface area (Å²) in [6.07, 6.45) is 2.88. The molecule has 0 amide bonds. The molecule has 1 aromatic carbocycles. The number of nitrogens with one attached hydrogen (secondary N) is 1. The van der Waals surface area contributed by atoms with E-state index in [4.69, 9.17) is 4.74 Å². The van der Waals surface area contributed by atoms with E-state index < -0.39 is 0 Å². The molecule has 0 saturated carbocycles. The summed E-state index contributed by atoms with van der Waals surface area (Å²) < 4.78 is 18.8. The average molecular weight is 307 g/mol. The SMILES string of the molecule is CCCNC(Cc1ccsc1)Cc1ccc(OC)c(F)c1. The first-order chi connectivity index (χ1) is 10.2. The molecule has 0 radical (unpaired) electrons. The molecule has 2 aromatic rings. The topological polar surface area (TPSA) is 21.3 Å². The minimum absolute atomic E-state index is 0.292. The van der Waals surface area contributed by atoms with Crippen LogP contribution in [0.3, 0.4) is 0 Å². The number of benzene rings is 1. The monoisotopic (exact) mass is 307 g/mol. The Morgan fingerprint density at radius 3 is 2.67 bits per heavy atom. The van der Waals surface area contributed by atoms with Gasteiger partial charge in [-0.05, 0) is 65.9 Å². The van der Waals surface area contributed by atoms with Crippen LogP contribution >= 0.6 is 11.3 Å². The molecule has 4 heteroatoms. The van der Waals surface area contributed by atoms with Crippen LogP contribution in [0.25, 0.3) is 0 Å². The van der Waals surface area contributed by atoms with E-state index in [1.165, 1.54) is 12.7 Å². The summed E-state index contributed by atoms with van der Waals surface area (Å²) in [5.74, 6) is 0.00873. The van der Waals surface area contributed by atoms with Crippen molar-refractivity contribution in [2.75, 3.05) is 13.7 Å². The van der Waals surface area contributed by atoms with Crippen LogP contribution in [0.4, 0.5) is 4.39 Å². The molecule has 0 aliphatic heterocycles. The average Bonchev–Trinajstić information content (AvgIpc) is 2.98. The van der Waals surface area contributed by atoms with Crippen molar-refractivity contribution in [1.82, 2.24) is 5.32 Å². The quantitative estimate of drug-likeness (QED) is 0.794. The van der Waals surface area contributed by atoms with E-state index >= 15 is 0 Å². The smallest absolute Gasteiger partial charge is 0.165 e. The second kappa shape index (κ2) is 8.15. The molecule has 21 heavy (non-hydrogen) atoms. The van der Waals surface area contributed by atoms with Crippen molar-refractivity contribution in [3.8, 4) is 5.75 Å². The van der Waals surface area contributed by atoms with Crippen LogP contribution in [0.2, 0.25) is 0 Å². The van der Waals surface area contributed by atoms with E-state index in [-0.39, 0.29) is 5.82 Å². The third-order valence-corrected chi connectivity index (χ3v) is 4.18. The van der Waals surface area contributed by atoms with Crippen molar-refractivity contribution in [2.45, 2.75) is 32.2 Å². The van der Waals surface area contributed by atoms with Crippen molar-refractivity contribution in [1.29, 1.82) is 0 Å². The number of methoxy groups -OCH3 is 1. The molecule has 1 N–H and O–H groups in total. The highest BCUT2D eigenvalue weighted by Gasteiger charge is 2.12. The van der Waals surface area contributed by atoms with Crippen molar-refractivity contribution in [3.63, 3.8) is 0 Å². The number of rotatable bonds is 8. The van der Waals surface area contributed by atoms with Crippen LogP contribution in [0.1, 0.15) is 24.5 Å². The first-order valence-corrected chi connectivity index (χ1v) is 8.24. The molecular weight excluding hydrogens is 285 g/mol. The van der Waals surface area contributed by atoms with Crippen LogP contribution in [-0.2, 0) is 12.8 Å². The summed E-state index contributed by atoms with van der Waals surface area (Å²) in [6, 6.07) is 7.70. The minimum Gasteiger partial charge on any atom is -0.494 e. The highest BCUT2D eigenvalue weighted by atomic mass is 32.1. The van der Waals surface area contributed by atoms with Crippen LogP contribution in [0.5, 0.6) is 5.75 Å². The fraction of sp³-hybridized carbons (Fsp3) is 0.412. The lowest BCUT2D eigenvalue weighted by atomic mass is 10.00. The molecule has 1 atom stereocenters. The number of thiophene rings is 1. The number of hydrogen-bond donors (Lipinski definition) is 1. The van der Waals surface area contributed by atoms with Crippen molar-refractivity contribution >= 4 is 11.3 Å². The highest BCUT2D eigenvalue weighted by Crippen LogP contribution is 2.19. The van der Waals surface area contributed by atoms with Crippen molar-refractivity contribution < 1.29 is 9.13 Å². The van der Waals surface area contributed by atoms with Gasteiger partial charge >= 0.3 is 0 Å². The molecule has 0 aliphatic rings. The molecule has 0 fully saturated rings. The lowest BCUT2D eigenvalue weighted by Crippen LogP contribution is -2.33. The summed E-state index contributed by atoms with van der Waals surface area (Å²) >= 11 is 1.71. The molecule has 0 aliphatic carbocycles. The van der Waals surface area contributed by atoms with Gasteiger partial charge in [-0.1, -0.05) is 13.0 Å².